The van der Waals surface area contributed by atoms with Crippen LogP contribution < -0.4 is 0 Å². The molecule has 0 saturated heterocycles. The lowest BCUT2D eigenvalue weighted by Crippen LogP contribution is -2.25. The van der Waals surface area contributed by atoms with Crippen molar-refractivity contribution < 1.29 is 0 Å². The van der Waals surface area contributed by atoms with Crippen LogP contribution in [0.3, 0.4) is 0 Å². The maximum absolute atomic E-state index is 5.00. The molecule has 0 fully saturated rings. The molecule has 3 aromatic heterocycles. The number of nitrogens with zero attached hydrogens (tertiary/aromatic N) is 3. The lowest BCUT2D eigenvalue weighted by Gasteiger charge is -2.30. The lowest BCUT2D eigenvalue weighted by molar-refractivity contribution is 0.794. The summed E-state index contributed by atoms with van der Waals surface area (Å²) in [5, 5.41) is 0. The minimum Gasteiger partial charge on any atom is -0.255 e. The molecular weight excluding hydrogens is 739 g/mol. The van der Waals surface area contributed by atoms with E-state index in [1.165, 1.54) is 66.8 Å². The van der Waals surface area contributed by atoms with Gasteiger partial charge in [-0.05, 0) is 120 Å². The maximum Gasteiger partial charge on any atom is 0.0900 e. The fourth-order valence-electron chi connectivity index (χ4n) is 9.81. The van der Waals surface area contributed by atoms with Gasteiger partial charge in [-0.25, -0.2) is 4.98 Å². The Morgan fingerprint density at radius 1 is 0.262 bits per heavy atom. The molecule has 284 valence electrons. The van der Waals surface area contributed by atoms with Gasteiger partial charge < -0.3 is 0 Å². The summed E-state index contributed by atoms with van der Waals surface area (Å²) < 4.78 is 0. The van der Waals surface area contributed by atoms with Crippen LogP contribution in [0.1, 0.15) is 22.3 Å². The van der Waals surface area contributed by atoms with E-state index in [0.29, 0.717) is 0 Å². The fraction of sp³-hybridized carbons (Fsp3) is 0.0172. The summed E-state index contributed by atoms with van der Waals surface area (Å²) in [5.74, 6) is 0. The van der Waals surface area contributed by atoms with Crippen LogP contribution in [0.15, 0.2) is 225 Å². The van der Waals surface area contributed by atoms with E-state index >= 15 is 0 Å². The predicted octanol–water partition coefficient (Wildman–Crippen LogP) is 14.2. The largest absolute Gasteiger partial charge is 0.255 e. The second kappa shape index (κ2) is 14.1. The molecule has 0 radical (unpaired) electrons. The van der Waals surface area contributed by atoms with Gasteiger partial charge in [0.1, 0.15) is 0 Å². The molecule has 3 nitrogen and oxygen atoms in total. The third-order valence-corrected chi connectivity index (χ3v) is 12.7. The Hall–Kier alpha value is -8.01. The van der Waals surface area contributed by atoms with E-state index in [9.17, 15) is 0 Å². The van der Waals surface area contributed by atoms with Gasteiger partial charge in [-0.1, -0.05) is 176 Å². The fourth-order valence-corrected chi connectivity index (χ4v) is 9.81. The van der Waals surface area contributed by atoms with Gasteiger partial charge in [-0.3, -0.25) is 9.97 Å². The van der Waals surface area contributed by atoms with Crippen LogP contribution in [0.5, 0.6) is 0 Å². The van der Waals surface area contributed by atoms with Crippen LogP contribution in [-0.4, -0.2) is 15.0 Å². The summed E-state index contributed by atoms with van der Waals surface area (Å²) in [6, 6.07) is 76.5. The van der Waals surface area contributed by atoms with Gasteiger partial charge in [-0.15, -0.1) is 0 Å². The number of pyridine rings is 3. The van der Waals surface area contributed by atoms with Crippen molar-refractivity contribution in [3.05, 3.63) is 247 Å². The van der Waals surface area contributed by atoms with Gasteiger partial charge >= 0.3 is 0 Å². The quantitative estimate of drug-likeness (QED) is 0.169. The molecule has 12 rings (SSSR count). The molecule has 2 aliphatic rings. The molecule has 0 N–H and O–H groups in total. The molecule has 0 bridgehead atoms. The first kappa shape index (κ1) is 35.0. The predicted molar refractivity (Wildman–Crippen MR) is 249 cm³/mol. The van der Waals surface area contributed by atoms with E-state index in [4.69, 9.17) is 9.97 Å². The lowest BCUT2D eigenvalue weighted by atomic mass is 9.70. The Kier molecular flexibility index (Phi) is 8.07. The molecule has 0 unspecified atom stereocenters. The SMILES string of the molecule is c1ccc(-c2cc(-c3ccccn3)nc(-c3ccc(-c4ccc(-c5ccc(-c6ccc7c(c6)-c6ccccc6C76c7ccccc7-c7ccccc76)cc5)cc4)cn3)c2)cc1. The Balaban J connectivity index is 0.822. The molecular formula is C58H37N3. The van der Waals surface area contributed by atoms with Gasteiger partial charge in [0.05, 0.1) is 28.2 Å². The van der Waals surface area contributed by atoms with Gasteiger partial charge in [0.25, 0.3) is 0 Å². The van der Waals surface area contributed by atoms with E-state index in [1.807, 2.05) is 30.5 Å². The maximum atomic E-state index is 5.00. The average Bonchev–Trinajstić information content (AvgIpc) is 3.82. The van der Waals surface area contributed by atoms with Crippen molar-refractivity contribution in [2.45, 2.75) is 5.41 Å². The van der Waals surface area contributed by atoms with Crippen LogP contribution in [0.4, 0.5) is 0 Å². The first-order valence-electron chi connectivity index (χ1n) is 20.8. The molecule has 0 atom stereocenters. The van der Waals surface area contributed by atoms with Crippen LogP contribution >= 0.6 is 0 Å². The highest BCUT2D eigenvalue weighted by Crippen LogP contribution is 2.63. The second-order valence-electron chi connectivity index (χ2n) is 15.9. The van der Waals surface area contributed by atoms with Crippen molar-refractivity contribution in [1.29, 1.82) is 0 Å². The van der Waals surface area contributed by atoms with Crippen LogP contribution in [0.2, 0.25) is 0 Å². The van der Waals surface area contributed by atoms with Crippen molar-refractivity contribution in [2.24, 2.45) is 0 Å². The first-order valence-corrected chi connectivity index (χ1v) is 20.8. The second-order valence-corrected chi connectivity index (χ2v) is 15.9. The summed E-state index contributed by atoms with van der Waals surface area (Å²) in [5.41, 5.74) is 22.9. The van der Waals surface area contributed by atoms with Crippen LogP contribution in [-0.2, 0) is 5.41 Å². The number of hydrogen-bond donors (Lipinski definition) is 0. The highest BCUT2D eigenvalue weighted by atomic mass is 14.8. The number of hydrogen-bond acceptors (Lipinski definition) is 3. The van der Waals surface area contributed by atoms with E-state index in [0.717, 1.165) is 45.0 Å². The zero-order chi connectivity index (χ0) is 40.3. The minimum absolute atomic E-state index is 0.317. The van der Waals surface area contributed by atoms with Crippen molar-refractivity contribution in [1.82, 2.24) is 15.0 Å². The average molecular weight is 776 g/mol. The Labute approximate surface area is 355 Å². The van der Waals surface area contributed by atoms with E-state index < -0.39 is 0 Å². The summed E-state index contributed by atoms with van der Waals surface area (Å²) >= 11 is 0. The van der Waals surface area contributed by atoms with E-state index in [1.54, 1.807) is 6.20 Å². The molecule has 0 aliphatic heterocycles. The van der Waals surface area contributed by atoms with Crippen molar-refractivity contribution in [2.75, 3.05) is 0 Å². The summed E-state index contributed by atoms with van der Waals surface area (Å²) in [4.78, 5) is 14.5. The van der Waals surface area contributed by atoms with Gasteiger partial charge in [-0.2, -0.15) is 0 Å². The molecule has 61 heavy (non-hydrogen) atoms. The van der Waals surface area contributed by atoms with Crippen LogP contribution in [0, 0.1) is 0 Å². The summed E-state index contributed by atoms with van der Waals surface area (Å²) in [6.45, 7) is 0. The normalized spacial score (nSPS) is 12.7. The third kappa shape index (κ3) is 5.62. The minimum atomic E-state index is -0.317. The van der Waals surface area contributed by atoms with E-state index in [-0.39, 0.29) is 5.41 Å². The molecule has 10 aromatic rings. The number of aromatic nitrogens is 3. The smallest absolute Gasteiger partial charge is 0.0900 e. The molecule has 0 saturated carbocycles. The highest BCUT2D eigenvalue weighted by Gasteiger charge is 2.51. The Morgan fingerprint density at radius 2 is 0.705 bits per heavy atom. The zero-order valence-corrected chi connectivity index (χ0v) is 33.2. The molecule has 3 heterocycles. The van der Waals surface area contributed by atoms with Gasteiger partial charge in [0.2, 0.25) is 0 Å². The first-order chi connectivity index (χ1) is 30.2. The molecule has 7 aromatic carbocycles. The Morgan fingerprint density at radius 3 is 1.26 bits per heavy atom. The molecule has 0 amide bonds. The van der Waals surface area contributed by atoms with Gasteiger partial charge in [0.15, 0.2) is 0 Å². The standard InChI is InChI=1S/C58H37N3/c1-2-12-38(13-3-1)45-35-56(54-20-10-11-33-59-54)61-57(36-45)55-32-30-44(37-60-55)42-27-23-40(24-28-42)39-21-25-41(26-22-39)43-29-31-53-49(34-43)48-16-6-9-19-52(48)58(53)50-17-7-4-14-46(50)47-15-5-8-18-51(47)58/h1-37H. The third-order valence-electron chi connectivity index (χ3n) is 12.7. The Bertz CT molecular complexity index is 3160. The highest BCUT2D eigenvalue weighted by molar-refractivity contribution is 5.96. The summed E-state index contributed by atoms with van der Waals surface area (Å²) in [6.07, 6.45) is 3.74. The zero-order valence-electron chi connectivity index (χ0n) is 33.2. The molecule has 1 spiro atoms. The number of rotatable bonds is 6. The molecule has 3 heteroatoms. The van der Waals surface area contributed by atoms with Crippen molar-refractivity contribution >= 4 is 0 Å². The van der Waals surface area contributed by atoms with E-state index in [2.05, 4.69) is 193 Å². The number of benzene rings is 7. The van der Waals surface area contributed by atoms with Crippen molar-refractivity contribution in [3.63, 3.8) is 0 Å². The number of fused-ring (bicyclic) bond motifs is 10. The molecule has 2 aliphatic carbocycles. The monoisotopic (exact) mass is 775 g/mol. The van der Waals surface area contributed by atoms with Crippen LogP contribution in [0.25, 0.3) is 89.5 Å². The topological polar surface area (TPSA) is 38.7 Å². The summed E-state index contributed by atoms with van der Waals surface area (Å²) in [7, 11) is 0. The van der Waals surface area contributed by atoms with Gasteiger partial charge in [0, 0.05) is 18.0 Å². The van der Waals surface area contributed by atoms with Crippen molar-refractivity contribution in [3.8, 4) is 89.5 Å².